The number of benzene rings is 2. The Labute approximate surface area is 159 Å². The van der Waals surface area contributed by atoms with Crippen molar-refractivity contribution in [1.82, 2.24) is 4.57 Å². The van der Waals surface area contributed by atoms with Gasteiger partial charge in [0, 0.05) is 10.7 Å². The van der Waals surface area contributed by atoms with Crippen molar-refractivity contribution >= 4 is 34.7 Å². The number of methoxy groups -OCH3 is 1. The van der Waals surface area contributed by atoms with Crippen LogP contribution in [0.25, 0.3) is 6.08 Å². The van der Waals surface area contributed by atoms with Gasteiger partial charge in [-0.2, -0.15) is 0 Å². The maximum absolute atomic E-state index is 12.8. The lowest BCUT2D eigenvalue weighted by molar-refractivity contribution is 0.415. The van der Waals surface area contributed by atoms with Crippen LogP contribution in [0.15, 0.2) is 58.3 Å². The number of ether oxygens (including phenoxy) is 1. The molecule has 0 spiro atoms. The molecule has 3 aromatic rings. The van der Waals surface area contributed by atoms with Gasteiger partial charge in [0.05, 0.1) is 11.6 Å². The van der Waals surface area contributed by atoms with Crippen LogP contribution in [0.5, 0.6) is 5.75 Å². The molecule has 26 heavy (non-hydrogen) atoms. The molecule has 0 atom stereocenters. The summed E-state index contributed by atoms with van der Waals surface area (Å²) in [7, 11) is 1.63. The first-order valence-electron chi connectivity index (χ1n) is 8.04. The molecule has 0 unspecified atom stereocenters. The van der Waals surface area contributed by atoms with E-state index in [0.717, 1.165) is 21.8 Å². The molecule has 0 aliphatic carbocycles. The SMILES string of the molecule is COc1ccc(/C=c2\sc3n(c2=O)CN(c2ccc(Cl)cc2)CN=3)cc1. The number of halogens is 1. The van der Waals surface area contributed by atoms with E-state index in [1.54, 1.807) is 11.7 Å². The summed E-state index contributed by atoms with van der Waals surface area (Å²) in [5.41, 5.74) is 1.92. The van der Waals surface area contributed by atoms with E-state index in [4.69, 9.17) is 16.3 Å². The van der Waals surface area contributed by atoms with Gasteiger partial charge in [0.25, 0.3) is 5.56 Å². The summed E-state index contributed by atoms with van der Waals surface area (Å²) in [4.78, 5) is 20.1. The fourth-order valence-electron chi connectivity index (χ4n) is 2.78. The van der Waals surface area contributed by atoms with E-state index in [-0.39, 0.29) is 5.56 Å². The van der Waals surface area contributed by atoms with Crippen LogP contribution in [-0.2, 0) is 6.67 Å². The van der Waals surface area contributed by atoms with Crippen LogP contribution in [0.3, 0.4) is 0 Å². The molecular weight excluding hydrogens is 370 g/mol. The van der Waals surface area contributed by atoms with Crippen LogP contribution in [0, 0.1) is 0 Å². The van der Waals surface area contributed by atoms with Crippen molar-refractivity contribution in [2.45, 2.75) is 6.67 Å². The van der Waals surface area contributed by atoms with E-state index >= 15 is 0 Å². The smallest absolute Gasteiger partial charge is 0.271 e. The molecule has 4 rings (SSSR count). The fraction of sp³-hybridized carbons (Fsp3) is 0.158. The van der Waals surface area contributed by atoms with Gasteiger partial charge in [-0.05, 0) is 48.0 Å². The van der Waals surface area contributed by atoms with Crippen LogP contribution in [0.2, 0.25) is 5.02 Å². The van der Waals surface area contributed by atoms with Gasteiger partial charge in [-0.15, -0.1) is 0 Å². The van der Waals surface area contributed by atoms with Crippen molar-refractivity contribution in [2.75, 3.05) is 18.7 Å². The van der Waals surface area contributed by atoms with Gasteiger partial charge in [0.15, 0.2) is 4.80 Å². The lowest BCUT2D eigenvalue weighted by Gasteiger charge is -2.25. The summed E-state index contributed by atoms with van der Waals surface area (Å²) in [6.45, 7) is 0.996. The molecule has 0 fully saturated rings. The van der Waals surface area contributed by atoms with E-state index in [9.17, 15) is 4.79 Å². The Kier molecular flexibility index (Phi) is 4.53. The number of hydrogen-bond donors (Lipinski definition) is 0. The Hall–Kier alpha value is -2.57. The standard InChI is InChI=1S/C19H16ClN3O2S/c1-25-16-8-2-13(3-9-16)10-17-18(24)23-12-22(11-21-19(23)26-17)15-6-4-14(20)5-7-15/h2-10H,11-12H2,1H3/b17-10-. The second-order valence-corrected chi connectivity index (χ2v) is 7.30. The molecule has 132 valence electrons. The summed E-state index contributed by atoms with van der Waals surface area (Å²) in [6, 6.07) is 15.2. The Morgan fingerprint density at radius 3 is 2.58 bits per heavy atom. The van der Waals surface area contributed by atoms with Crippen molar-refractivity contribution in [3.8, 4) is 5.75 Å². The molecule has 0 bridgehead atoms. The quantitative estimate of drug-likeness (QED) is 0.695. The average Bonchev–Trinajstić information content (AvgIpc) is 2.98. The minimum absolute atomic E-state index is 0.0248. The highest BCUT2D eigenvalue weighted by molar-refractivity contribution is 7.07. The average molecular weight is 386 g/mol. The Morgan fingerprint density at radius 2 is 1.88 bits per heavy atom. The zero-order chi connectivity index (χ0) is 18.1. The normalized spacial score (nSPS) is 14.1. The van der Waals surface area contributed by atoms with Gasteiger partial charge in [0.2, 0.25) is 0 Å². The molecule has 7 heteroatoms. The molecule has 0 amide bonds. The number of rotatable bonds is 3. The lowest BCUT2D eigenvalue weighted by atomic mass is 10.2. The van der Waals surface area contributed by atoms with E-state index in [0.29, 0.717) is 22.9 Å². The van der Waals surface area contributed by atoms with Crippen molar-refractivity contribution in [1.29, 1.82) is 0 Å². The van der Waals surface area contributed by atoms with E-state index in [2.05, 4.69) is 4.99 Å². The maximum Gasteiger partial charge on any atom is 0.271 e. The molecule has 5 nitrogen and oxygen atoms in total. The summed E-state index contributed by atoms with van der Waals surface area (Å²) in [5.74, 6) is 0.790. The minimum atomic E-state index is -0.0248. The molecule has 0 saturated heterocycles. The fourth-order valence-corrected chi connectivity index (χ4v) is 3.87. The first-order valence-corrected chi connectivity index (χ1v) is 9.24. The number of thiazole rings is 1. The van der Waals surface area contributed by atoms with Crippen LogP contribution in [-0.4, -0.2) is 18.3 Å². The summed E-state index contributed by atoms with van der Waals surface area (Å²) >= 11 is 7.36. The van der Waals surface area contributed by atoms with Gasteiger partial charge in [-0.1, -0.05) is 35.1 Å². The number of nitrogens with zero attached hydrogens (tertiary/aromatic N) is 3. The number of aromatic nitrogens is 1. The van der Waals surface area contributed by atoms with Crippen molar-refractivity contribution < 1.29 is 4.74 Å². The minimum Gasteiger partial charge on any atom is -0.497 e. The van der Waals surface area contributed by atoms with Crippen molar-refractivity contribution in [3.05, 3.63) is 78.8 Å². The predicted molar refractivity (Wildman–Crippen MR) is 105 cm³/mol. The highest BCUT2D eigenvalue weighted by Gasteiger charge is 2.15. The van der Waals surface area contributed by atoms with Crippen LogP contribution in [0.1, 0.15) is 5.56 Å². The third-order valence-corrected chi connectivity index (χ3v) is 5.48. The maximum atomic E-state index is 12.8. The zero-order valence-electron chi connectivity index (χ0n) is 14.1. The monoisotopic (exact) mass is 385 g/mol. The molecule has 1 aromatic heterocycles. The van der Waals surface area contributed by atoms with Gasteiger partial charge in [-0.25, -0.2) is 4.99 Å². The lowest BCUT2D eigenvalue weighted by Crippen LogP contribution is -2.42. The Bertz CT molecular complexity index is 1100. The van der Waals surface area contributed by atoms with Crippen molar-refractivity contribution in [2.24, 2.45) is 4.99 Å². The van der Waals surface area contributed by atoms with Crippen LogP contribution >= 0.6 is 22.9 Å². The molecule has 2 heterocycles. The Balaban J connectivity index is 1.67. The first-order chi connectivity index (χ1) is 12.6. The third kappa shape index (κ3) is 3.25. The molecule has 0 N–H and O–H groups in total. The number of anilines is 1. The summed E-state index contributed by atoms with van der Waals surface area (Å²) in [5, 5.41) is 0.687. The second-order valence-electron chi connectivity index (χ2n) is 5.86. The molecule has 0 saturated carbocycles. The van der Waals surface area contributed by atoms with Gasteiger partial charge < -0.3 is 9.64 Å². The summed E-state index contributed by atoms with van der Waals surface area (Å²) in [6.07, 6.45) is 1.89. The predicted octanol–water partition coefficient (Wildman–Crippen LogP) is 2.46. The van der Waals surface area contributed by atoms with E-state index in [1.165, 1.54) is 11.3 Å². The van der Waals surface area contributed by atoms with Crippen LogP contribution < -0.4 is 24.5 Å². The van der Waals surface area contributed by atoms with E-state index in [1.807, 2.05) is 59.5 Å². The van der Waals surface area contributed by atoms with Gasteiger partial charge in [-0.3, -0.25) is 9.36 Å². The zero-order valence-corrected chi connectivity index (χ0v) is 15.6. The molecular formula is C19H16ClN3O2S. The number of hydrogen-bond acceptors (Lipinski definition) is 5. The van der Waals surface area contributed by atoms with Crippen molar-refractivity contribution in [3.63, 3.8) is 0 Å². The first kappa shape index (κ1) is 16.9. The van der Waals surface area contributed by atoms with Crippen LogP contribution in [0.4, 0.5) is 5.69 Å². The molecule has 1 aliphatic rings. The topological polar surface area (TPSA) is 46.8 Å². The second kappa shape index (κ2) is 6.97. The number of fused-ring (bicyclic) bond motifs is 1. The largest absolute Gasteiger partial charge is 0.497 e. The molecule has 2 aromatic carbocycles. The summed E-state index contributed by atoms with van der Waals surface area (Å²) < 4.78 is 7.54. The molecule has 0 radical (unpaired) electrons. The third-order valence-electron chi connectivity index (χ3n) is 4.18. The Morgan fingerprint density at radius 1 is 1.15 bits per heavy atom. The highest BCUT2D eigenvalue weighted by atomic mass is 35.5. The van der Waals surface area contributed by atoms with E-state index < -0.39 is 0 Å². The van der Waals surface area contributed by atoms with Gasteiger partial charge in [0.1, 0.15) is 19.1 Å². The van der Waals surface area contributed by atoms with Gasteiger partial charge >= 0.3 is 0 Å². The highest BCUT2D eigenvalue weighted by Crippen LogP contribution is 2.19. The molecule has 1 aliphatic heterocycles.